The van der Waals surface area contributed by atoms with Crippen LogP contribution in [0.5, 0.6) is 0 Å². The number of aromatic nitrogens is 2. The molecule has 0 aliphatic carbocycles. The van der Waals surface area contributed by atoms with Crippen molar-refractivity contribution >= 4 is 34.7 Å². The maximum Gasteiger partial charge on any atom is 0.274 e. The second kappa shape index (κ2) is 8.77. The summed E-state index contributed by atoms with van der Waals surface area (Å²) in [6.07, 6.45) is 2.32. The third kappa shape index (κ3) is 5.14. The van der Waals surface area contributed by atoms with E-state index in [1.807, 2.05) is 24.3 Å². The Morgan fingerprint density at radius 1 is 0.857 bits per heavy atom. The van der Waals surface area contributed by atoms with E-state index in [1.54, 1.807) is 30.3 Å². The number of benzene rings is 2. The molecule has 2 amide bonds. The minimum atomic E-state index is -0.348. The number of aryl methyl sites for hydroxylation is 1. The largest absolute Gasteiger partial charge is 0.340 e. The van der Waals surface area contributed by atoms with E-state index in [-0.39, 0.29) is 17.5 Å². The normalized spacial score (nSPS) is 10.2. The molecule has 1 heterocycles. The van der Waals surface area contributed by atoms with Crippen LogP contribution in [0.3, 0.4) is 0 Å². The van der Waals surface area contributed by atoms with E-state index >= 15 is 0 Å². The van der Waals surface area contributed by atoms with Gasteiger partial charge in [0.1, 0.15) is 17.8 Å². The molecule has 28 heavy (non-hydrogen) atoms. The van der Waals surface area contributed by atoms with Gasteiger partial charge in [0, 0.05) is 30.1 Å². The molecular weight excluding hydrogens is 354 g/mol. The predicted octanol–water partition coefficient (Wildman–Crippen LogP) is 3.99. The molecule has 3 N–H and O–H groups in total. The van der Waals surface area contributed by atoms with Crippen LogP contribution in [0.1, 0.15) is 29.9 Å². The lowest BCUT2D eigenvalue weighted by molar-refractivity contribution is -0.114. The number of hydrogen-bond acceptors (Lipinski definition) is 5. The van der Waals surface area contributed by atoms with Crippen LogP contribution in [0.25, 0.3) is 0 Å². The van der Waals surface area contributed by atoms with Gasteiger partial charge >= 0.3 is 0 Å². The molecular formula is C21H21N5O2. The SMILES string of the molecule is CCc1ccc(Nc2cc(C(=O)Nc3ccc(NC(C)=O)cc3)ncn2)cc1. The van der Waals surface area contributed by atoms with Crippen molar-refractivity contribution in [3.05, 3.63) is 72.2 Å². The summed E-state index contributed by atoms with van der Waals surface area (Å²) in [5.41, 5.74) is 3.64. The minimum absolute atomic E-state index is 0.151. The highest BCUT2D eigenvalue weighted by molar-refractivity contribution is 6.03. The monoisotopic (exact) mass is 375 g/mol. The average molecular weight is 375 g/mol. The third-order valence-corrected chi connectivity index (χ3v) is 4.00. The van der Waals surface area contributed by atoms with Gasteiger partial charge in [-0.1, -0.05) is 19.1 Å². The molecule has 7 heteroatoms. The van der Waals surface area contributed by atoms with Gasteiger partial charge < -0.3 is 16.0 Å². The van der Waals surface area contributed by atoms with Crippen molar-refractivity contribution in [3.63, 3.8) is 0 Å². The van der Waals surface area contributed by atoms with Crippen LogP contribution in [0.15, 0.2) is 60.9 Å². The second-order valence-electron chi connectivity index (χ2n) is 6.18. The number of carbonyl (C=O) groups excluding carboxylic acids is 2. The molecule has 142 valence electrons. The summed E-state index contributed by atoms with van der Waals surface area (Å²) in [6, 6.07) is 16.5. The van der Waals surface area contributed by atoms with E-state index in [4.69, 9.17) is 0 Å². The lowest BCUT2D eigenvalue weighted by Gasteiger charge is -2.09. The van der Waals surface area contributed by atoms with Crippen LogP contribution < -0.4 is 16.0 Å². The molecule has 0 saturated carbocycles. The summed E-state index contributed by atoms with van der Waals surface area (Å²) in [7, 11) is 0. The number of carbonyl (C=O) groups is 2. The van der Waals surface area contributed by atoms with Crippen molar-refractivity contribution in [2.45, 2.75) is 20.3 Å². The van der Waals surface area contributed by atoms with Gasteiger partial charge in [-0.25, -0.2) is 9.97 Å². The Balaban J connectivity index is 1.66. The standard InChI is InChI=1S/C21H21N5O2/c1-3-15-4-6-17(7-5-15)25-20-12-19(22-13-23-20)21(28)26-18-10-8-16(9-11-18)24-14(2)27/h4-13H,3H2,1-2H3,(H,24,27)(H,26,28)(H,22,23,25). The highest BCUT2D eigenvalue weighted by Gasteiger charge is 2.10. The van der Waals surface area contributed by atoms with Crippen LogP contribution in [0.4, 0.5) is 22.9 Å². The summed E-state index contributed by atoms with van der Waals surface area (Å²) >= 11 is 0. The van der Waals surface area contributed by atoms with Gasteiger partial charge in [-0.15, -0.1) is 0 Å². The number of nitrogens with one attached hydrogen (secondary N) is 3. The third-order valence-electron chi connectivity index (χ3n) is 4.00. The van der Waals surface area contributed by atoms with E-state index in [9.17, 15) is 9.59 Å². The fraction of sp³-hybridized carbons (Fsp3) is 0.143. The highest BCUT2D eigenvalue weighted by Crippen LogP contribution is 2.17. The first-order valence-corrected chi connectivity index (χ1v) is 8.90. The van der Waals surface area contributed by atoms with E-state index in [0.717, 1.165) is 12.1 Å². The van der Waals surface area contributed by atoms with Crippen LogP contribution in [0.2, 0.25) is 0 Å². The summed E-state index contributed by atoms with van der Waals surface area (Å²) in [5.74, 6) is 0.0339. The Morgan fingerprint density at radius 3 is 2.07 bits per heavy atom. The molecule has 3 rings (SSSR count). The Kier molecular flexibility index (Phi) is 5.96. The van der Waals surface area contributed by atoms with Gasteiger partial charge in [-0.3, -0.25) is 9.59 Å². The van der Waals surface area contributed by atoms with Gasteiger partial charge in [0.2, 0.25) is 5.91 Å². The summed E-state index contributed by atoms with van der Waals surface area (Å²) in [5, 5.41) is 8.62. The predicted molar refractivity (Wildman–Crippen MR) is 110 cm³/mol. The van der Waals surface area contributed by atoms with E-state index in [0.29, 0.717) is 17.2 Å². The molecule has 0 aliphatic heterocycles. The number of amides is 2. The maximum atomic E-state index is 12.5. The number of nitrogens with zero attached hydrogens (tertiary/aromatic N) is 2. The molecule has 0 saturated heterocycles. The molecule has 0 aliphatic rings. The maximum absolute atomic E-state index is 12.5. The van der Waals surface area contributed by atoms with Crippen LogP contribution in [0, 0.1) is 0 Å². The molecule has 7 nitrogen and oxygen atoms in total. The summed E-state index contributed by atoms with van der Waals surface area (Å²) in [6.45, 7) is 3.54. The van der Waals surface area contributed by atoms with Crippen LogP contribution in [-0.4, -0.2) is 21.8 Å². The molecule has 0 bridgehead atoms. The average Bonchev–Trinajstić information content (AvgIpc) is 2.70. The summed E-state index contributed by atoms with van der Waals surface area (Å²) < 4.78 is 0. The molecule has 0 unspecified atom stereocenters. The van der Waals surface area contributed by atoms with Gasteiger partial charge in [-0.2, -0.15) is 0 Å². The second-order valence-corrected chi connectivity index (χ2v) is 6.18. The molecule has 0 radical (unpaired) electrons. The Hall–Kier alpha value is -3.74. The lowest BCUT2D eigenvalue weighted by atomic mass is 10.1. The Labute approximate surface area is 163 Å². The van der Waals surface area contributed by atoms with Crippen molar-refractivity contribution < 1.29 is 9.59 Å². The fourth-order valence-electron chi connectivity index (χ4n) is 2.56. The summed E-state index contributed by atoms with van der Waals surface area (Å²) in [4.78, 5) is 31.7. The van der Waals surface area contributed by atoms with Gasteiger partial charge in [0.25, 0.3) is 5.91 Å². The first-order valence-electron chi connectivity index (χ1n) is 8.90. The van der Waals surface area contributed by atoms with Crippen LogP contribution >= 0.6 is 0 Å². The van der Waals surface area contributed by atoms with Gasteiger partial charge in [-0.05, 0) is 48.4 Å². The van der Waals surface area contributed by atoms with Crippen molar-refractivity contribution in [1.82, 2.24) is 9.97 Å². The van der Waals surface area contributed by atoms with Crippen molar-refractivity contribution in [2.75, 3.05) is 16.0 Å². The van der Waals surface area contributed by atoms with Gasteiger partial charge in [0.05, 0.1) is 0 Å². The van der Waals surface area contributed by atoms with Crippen molar-refractivity contribution in [3.8, 4) is 0 Å². The van der Waals surface area contributed by atoms with Crippen molar-refractivity contribution in [1.29, 1.82) is 0 Å². The van der Waals surface area contributed by atoms with Crippen molar-refractivity contribution in [2.24, 2.45) is 0 Å². The smallest absolute Gasteiger partial charge is 0.274 e. The Morgan fingerprint density at radius 2 is 1.46 bits per heavy atom. The molecule has 0 atom stereocenters. The zero-order valence-corrected chi connectivity index (χ0v) is 15.7. The number of anilines is 4. The zero-order valence-electron chi connectivity index (χ0n) is 15.7. The first-order chi connectivity index (χ1) is 13.5. The van der Waals surface area contributed by atoms with E-state index in [1.165, 1.54) is 18.8 Å². The first kappa shape index (κ1) is 19.0. The minimum Gasteiger partial charge on any atom is -0.340 e. The van der Waals surface area contributed by atoms with Gasteiger partial charge in [0.15, 0.2) is 0 Å². The van der Waals surface area contributed by atoms with Crippen LogP contribution in [-0.2, 0) is 11.2 Å². The molecule has 3 aromatic rings. The number of rotatable bonds is 6. The topological polar surface area (TPSA) is 96.0 Å². The highest BCUT2D eigenvalue weighted by atomic mass is 16.2. The molecule has 2 aromatic carbocycles. The fourth-order valence-corrected chi connectivity index (χ4v) is 2.56. The quantitative estimate of drug-likeness (QED) is 0.605. The number of hydrogen-bond donors (Lipinski definition) is 3. The zero-order chi connectivity index (χ0) is 19.9. The molecule has 0 fully saturated rings. The molecule has 1 aromatic heterocycles. The van der Waals surface area contributed by atoms with E-state index in [2.05, 4.69) is 32.8 Å². The lowest BCUT2D eigenvalue weighted by Crippen LogP contribution is -2.14. The van der Waals surface area contributed by atoms with E-state index < -0.39 is 0 Å². The Bertz CT molecular complexity index is 969. The molecule has 0 spiro atoms.